The first-order valence-corrected chi connectivity index (χ1v) is 9.82. The summed E-state index contributed by atoms with van der Waals surface area (Å²) in [5, 5.41) is 5.41. The summed E-state index contributed by atoms with van der Waals surface area (Å²) in [4.78, 5) is 35.5. The first kappa shape index (κ1) is 17.6. The fourth-order valence-electron chi connectivity index (χ4n) is 4.13. The second-order valence-electron chi connectivity index (χ2n) is 7.53. The number of nitrogens with one attached hydrogen (secondary N) is 1. The molecule has 1 aliphatic heterocycles. The van der Waals surface area contributed by atoms with Gasteiger partial charge in [-0.2, -0.15) is 5.10 Å². The Balaban J connectivity index is 1.38. The minimum Gasteiger partial charge on any atom is -0.342 e. The zero-order valence-electron chi connectivity index (χ0n) is 16.1. The Morgan fingerprint density at radius 1 is 1.03 bits per heavy atom. The number of piperidine rings is 1. The summed E-state index contributed by atoms with van der Waals surface area (Å²) in [7, 11) is 1.58. The molecule has 0 unspecified atom stereocenters. The molecule has 2 aromatic heterocycles. The summed E-state index contributed by atoms with van der Waals surface area (Å²) in [6.45, 7) is 1.28. The predicted molar refractivity (Wildman–Crippen MR) is 111 cm³/mol. The van der Waals surface area contributed by atoms with Crippen LogP contribution in [0.4, 0.5) is 0 Å². The molecule has 7 nitrogen and oxygen atoms in total. The minimum atomic E-state index is -0.194. The average molecular weight is 387 g/mol. The van der Waals surface area contributed by atoms with Crippen LogP contribution in [0.25, 0.3) is 21.8 Å². The van der Waals surface area contributed by atoms with Crippen LogP contribution in [0.15, 0.2) is 53.3 Å². The molecule has 0 saturated carbocycles. The topological polar surface area (TPSA) is 83.9 Å². The number of aromatic nitrogens is 4. The van der Waals surface area contributed by atoms with Gasteiger partial charge in [0.15, 0.2) is 5.69 Å². The van der Waals surface area contributed by atoms with Crippen LogP contribution in [0.1, 0.15) is 35.1 Å². The van der Waals surface area contributed by atoms with E-state index < -0.39 is 0 Å². The molecule has 146 valence electrons. The Labute approximate surface area is 167 Å². The van der Waals surface area contributed by atoms with Gasteiger partial charge in [0, 0.05) is 31.4 Å². The van der Waals surface area contributed by atoms with Gasteiger partial charge in [0.25, 0.3) is 11.5 Å². The lowest BCUT2D eigenvalue weighted by Gasteiger charge is -2.31. The number of rotatable bonds is 2. The van der Waals surface area contributed by atoms with E-state index in [-0.39, 0.29) is 11.5 Å². The van der Waals surface area contributed by atoms with Crippen molar-refractivity contribution in [3.63, 3.8) is 0 Å². The van der Waals surface area contributed by atoms with Gasteiger partial charge in [0.1, 0.15) is 5.82 Å². The van der Waals surface area contributed by atoms with Gasteiger partial charge in [-0.25, -0.2) is 9.67 Å². The molecule has 29 heavy (non-hydrogen) atoms. The molecule has 1 aliphatic rings. The quantitative estimate of drug-likeness (QED) is 0.573. The van der Waals surface area contributed by atoms with Crippen molar-refractivity contribution in [1.29, 1.82) is 0 Å². The highest BCUT2D eigenvalue weighted by atomic mass is 16.2. The lowest BCUT2D eigenvalue weighted by Crippen LogP contribution is -2.39. The Morgan fingerprint density at radius 3 is 2.48 bits per heavy atom. The van der Waals surface area contributed by atoms with Gasteiger partial charge in [-0.3, -0.25) is 9.59 Å². The molecular weight excluding hydrogens is 366 g/mol. The molecule has 7 heteroatoms. The van der Waals surface area contributed by atoms with Crippen LogP contribution in [0.3, 0.4) is 0 Å². The van der Waals surface area contributed by atoms with Crippen LogP contribution in [0.5, 0.6) is 0 Å². The summed E-state index contributed by atoms with van der Waals surface area (Å²) in [6.07, 6.45) is 1.69. The summed E-state index contributed by atoms with van der Waals surface area (Å²) in [6, 6.07) is 15.2. The molecule has 0 spiro atoms. The molecule has 3 heterocycles. The number of carbonyl (C=O) groups is 1. The summed E-state index contributed by atoms with van der Waals surface area (Å²) >= 11 is 0. The molecular formula is C22H21N5O2. The summed E-state index contributed by atoms with van der Waals surface area (Å²) < 4.78 is 1.25. The first-order chi connectivity index (χ1) is 14.1. The Kier molecular flexibility index (Phi) is 4.16. The number of hydrogen-bond acceptors (Lipinski definition) is 4. The number of imidazole rings is 1. The largest absolute Gasteiger partial charge is 0.342 e. The van der Waals surface area contributed by atoms with Crippen LogP contribution in [-0.2, 0) is 7.05 Å². The van der Waals surface area contributed by atoms with Crippen molar-refractivity contribution in [2.75, 3.05) is 13.1 Å². The highest BCUT2D eigenvalue weighted by Gasteiger charge is 2.28. The Morgan fingerprint density at radius 2 is 1.72 bits per heavy atom. The molecule has 0 bridgehead atoms. The number of likely N-dealkylation sites (tertiary alicyclic amines) is 1. The van der Waals surface area contributed by atoms with Crippen molar-refractivity contribution in [3.05, 3.63) is 70.4 Å². The van der Waals surface area contributed by atoms with Gasteiger partial charge in [-0.1, -0.05) is 30.3 Å². The van der Waals surface area contributed by atoms with Gasteiger partial charge in [0.05, 0.1) is 16.4 Å². The second-order valence-corrected chi connectivity index (χ2v) is 7.53. The van der Waals surface area contributed by atoms with Gasteiger partial charge in [-0.05, 0) is 31.0 Å². The normalized spacial score (nSPS) is 15.3. The van der Waals surface area contributed by atoms with Crippen molar-refractivity contribution < 1.29 is 4.79 Å². The second kappa shape index (κ2) is 6.84. The first-order valence-electron chi connectivity index (χ1n) is 9.82. The number of amides is 1. The zero-order valence-corrected chi connectivity index (χ0v) is 16.1. The third kappa shape index (κ3) is 2.99. The van der Waals surface area contributed by atoms with E-state index in [4.69, 9.17) is 4.98 Å². The van der Waals surface area contributed by atoms with Crippen LogP contribution in [0, 0.1) is 0 Å². The van der Waals surface area contributed by atoms with Gasteiger partial charge in [-0.15, -0.1) is 0 Å². The standard InChI is InChI=1S/C22H21N5O2/c1-26-21(28)16-7-3-2-6-15(16)19(25-26)22(29)27-12-10-14(11-13-27)20-23-17-8-4-5-9-18(17)24-20/h2-9,14H,10-13H2,1H3,(H,23,24). The van der Waals surface area contributed by atoms with Crippen molar-refractivity contribution >= 4 is 27.7 Å². The van der Waals surface area contributed by atoms with E-state index >= 15 is 0 Å². The number of aryl methyl sites for hydroxylation is 1. The van der Waals surface area contributed by atoms with Crippen molar-refractivity contribution in [2.24, 2.45) is 7.05 Å². The lowest BCUT2D eigenvalue weighted by atomic mass is 9.95. The summed E-state index contributed by atoms with van der Waals surface area (Å²) in [5.41, 5.74) is 2.16. The fraction of sp³-hybridized carbons (Fsp3) is 0.273. The number of hydrogen-bond donors (Lipinski definition) is 1. The average Bonchev–Trinajstić information content (AvgIpc) is 3.20. The van der Waals surface area contributed by atoms with E-state index in [2.05, 4.69) is 10.1 Å². The molecule has 0 aliphatic carbocycles. The smallest absolute Gasteiger partial charge is 0.274 e. The monoisotopic (exact) mass is 387 g/mol. The van der Waals surface area contributed by atoms with Crippen molar-refractivity contribution in [2.45, 2.75) is 18.8 Å². The molecule has 1 N–H and O–H groups in total. The third-order valence-electron chi connectivity index (χ3n) is 5.74. The van der Waals surface area contributed by atoms with Crippen LogP contribution in [0.2, 0.25) is 0 Å². The van der Waals surface area contributed by atoms with Crippen molar-refractivity contribution in [1.82, 2.24) is 24.6 Å². The van der Waals surface area contributed by atoms with Crippen LogP contribution in [-0.4, -0.2) is 43.6 Å². The Bertz CT molecular complexity index is 1250. The molecule has 5 rings (SSSR count). The fourth-order valence-corrected chi connectivity index (χ4v) is 4.13. The van der Waals surface area contributed by atoms with Gasteiger partial charge >= 0.3 is 0 Å². The van der Waals surface area contributed by atoms with Crippen LogP contribution < -0.4 is 5.56 Å². The Hall–Kier alpha value is -3.48. The van der Waals surface area contributed by atoms with E-state index in [1.54, 1.807) is 25.2 Å². The van der Waals surface area contributed by atoms with E-state index in [1.165, 1.54) is 4.68 Å². The number of fused-ring (bicyclic) bond motifs is 2. The number of aromatic amines is 1. The predicted octanol–water partition coefficient (Wildman–Crippen LogP) is 2.83. The SMILES string of the molecule is Cn1nc(C(=O)N2CCC(c3nc4ccccc4[nH]3)CC2)c2ccccc2c1=O. The number of benzene rings is 2. The van der Waals surface area contributed by atoms with E-state index in [0.29, 0.717) is 35.5 Å². The van der Waals surface area contributed by atoms with E-state index in [1.807, 2.05) is 35.2 Å². The number of carbonyl (C=O) groups excluding carboxylic acids is 1. The van der Waals surface area contributed by atoms with Crippen LogP contribution >= 0.6 is 0 Å². The number of H-pyrrole nitrogens is 1. The molecule has 0 radical (unpaired) electrons. The maximum absolute atomic E-state index is 13.2. The van der Waals surface area contributed by atoms with E-state index in [0.717, 1.165) is 29.7 Å². The molecule has 1 saturated heterocycles. The maximum atomic E-state index is 13.2. The zero-order chi connectivity index (χ0) is 20.0. The number of nitrogens with zero attached hydrogens (tertiary/aromatic N) is 4. The molecule has 1 amide bonds. The molecule has 2 aromatic carbocycles. The highest BCUT2D eigenvalue weighted by molar-refractivity contribution is 6.04. The highest BCUT2D eigenvalue weighted by Crippen LogP contribution is 2.28. The van der Waals surface area contributed by atoms with Gasteiger partial charge in [0.2, 0.25) is 0 Å². The van der Waals surface area contributed by atoms with E-state index in [9.17, 15) is 9.59 Å². The third-order valence-corrected chi connectivity index (χ3v) is 5.74. The maximum Gasteiger partial charge on any atom is 0.274 e. The van der Waals surface area contributed by atoms with Crippen molar-refractivity contribution in [3.8, 4) is 0 Å². The summed E-state index contributed by atoms with van der Waals surface area (Å²) in [5.74, 6) is 1.17. The molecule has 1 fully saturated rings. The van der Waals surface area contributed by atoms with Gasteiger partial charge < -0.3 is 9.88 Å². The minimum absolute atomic E-state index is 0.125. The number of para-hydroxylation sites is 2. The molecule has 4 aromatic rings. The lowest BCUT2D eigenvalue weighted by molar-refractivity contribution is 0.0705. The molecule has 0 atom stereocenters.